The van der Waals surface area contributed by atoms with Crippen molar-refractivity contribution in [3.63, 3.8) is 0 Å². The zero-order valence-corrected chi connectivity index (χ0v) is 12.6. The molecule has 6 heteroatoms. The molecule has 0 amide bonds. The van der Waals surface area contributed by atoms with Crippen LogP contribution in [0.5, 0.6) is 0 Å². The molecule has 0 aromatic heterocycles. The van der Waals surface area contributed by atoms with Gasteiger partial charge in [0.05, 0.1) is 0 Å². The summed E-state index contributed by atoms with van der Waals surface area (Å²) in [5.74, 6) is -4.53. The normalized spacial score (nSPS) is 12.9. The Balaban J connectivity index is 3.37. The smallest absolute Gasteiger partial charge is 0.196 e. The SMILES string of the molecule is FC(F)(F)C(F)(F)CCCCCCCCCCCBr. The molecule has 0 aromatic rings. The maximum Gasteiger partial charge on any atom is 0.453 e. The van der Waals surface area contributed by atoms with Gasteiger partial charge in [0.2, 0.25) is 0 Å². The fourth-order valence-electron chi connectivity index (χ4n) is 1.82. The van der Waals surface area contributed by atoms with Crippen LogP contribution in [0.15, 0.2) is 0 Å². The minimum atomic E-state index is -5.40. The Morgan fingerprint density at radius 3 is 1.32 bits per heavy atom. The molecule has 0 atom stereocenters. The van der Waals surface area contributed by atoms with Crippen LogP contribution in [-0.2, 0) is 0 Å². The van der Waals surface area contributed by atoms with Gasteiger partial charge in [-0.3, -0.25) is 0 Å². The number of hydrogen-bond donors (Lipinski definition) is 0. The average molecular weight is 353 g/mol. The van der Waals surface area contributed by atoms with Gasteiger partial charge in [-0.2, -0.15) is 22.0 Å². The highest BCUT2D eigenvalue weighted by Gasteiger charge is 2.56. The van der Waals surface area contributed by atoms with Crippen molar-refractivity contribution < 1.29 is 22.0 Å². The van der Waals surface area contributed by atoms with E-state index in [1.54, 1.807) is 0 Å². The first-order chi connectivity index (χ1) is 8.81. The summed E-state index contributed by atoms with van der Waals surface area (Å²) in [7, 11) is 0. The highest BCUT2D eigenvalue weighted by molar-refractivity contribution is 9.09. The van der Waals surface area contributed by atoms with Gasteiger partial charge in [-0.15, -0.1) is 0 Å². The third kappa shape index (κ3) is 9.63. The van der Waals surface area contributed by atoms with E-state index in [4.69, 9.17) is 0 Å². The fraction of sp³-hybridized carbons (Fsp3) is 1.00. The van der Waals surface area contributed by atoms with E-state index < -0.39 is 18.5 Å². The number of rotatable bonds is 11. The summed E-state index contributed by atoms with van der Waals surface area (Å²) < 4.78 is 60.7. The molecule has 0 fully saturated rings. The van der Waals surface area contributed by atoms with Gasteiger partial charge in [-0.1, -0.05) is 60.9 Å². The first-order valence-electron chi connectivity index (χ1n) is 6.82. The standard InChI is InChI=1S/C13H22BrF5/c14-11-9-7-5-3-1-2-4-6-8-10-12(15,16)13(17,18)19/h1-11H2. The Kier molecular flexibility index (Phi) is 10.0. The van der Waals surface area contributed by atoms with Crippen LogP contribution in [-0.4, -0.2) is 17.4 Å². The average Bonchev–Trinajstić information content (AvgIpc) is 2.30. The Labute approximate surface area is 120 Å². The van der Waals surface area contributed by atoms with Crippen LogP contribution < -0.4 is 0 Å². The summed E-state index contributed by atoms with van der Waals surface area (Å²) in [6.45, 7) is 0. The molecule has 0 N–H and O–H groups in total. The Morgan fingerprint density at radius 2 is 0.947 bits per heavy atom. The highest BCUT2D eigenvalue weighted by Crippen LogP contribution is 2.39. The van der Waals surface area contributed by atoms with Crippen LogP contribution in [0.1, 0.15) is 64.2 Å². The van der Waals surface area contributed by atoms with Crippen molar-refractivity contribution in [2.45, 2.75) is 76.3 Å². The van der Waals surface area contributed by atoms with Crippen LogP contribution in [0.4, 0.5) is 22.0 Å². The molecule has 0 aliphatic carbocycles. The van der Waals surface area contributed by atoms with Crippen molar-refractivity contribution in [3.05, 3.63) is 0 Å². The summed E-state index contributed by atoms with van der Waals surface area (Å²) in [5, 5.41) is 1.01. The van der Waals surface area contributed by atoms with E-state index in [-0.39, 0.29) is 6.42 Å². The maximum absolute atomic E-state index is 12.6. The van der Waals surface area contributed by atoms with E-state index in [1.165, 1.54) is 6.42 Å². The maximum atomic E-state index is 12.6. The summed E-state index contributed by atoms with van der Waals surface area (Å²) in [5.41, 5.74) is 0. The second-order valence-corrected chi connectivity index (χ2v) is 5.62. The van der Waals surface area contributed by atoms with Gasteiger partial charge in [0.15, 0.2) is 0 Å². The van der Waals surface area contributed by atoms with Crippen LogP contribution in [0.25, 0.3) is 0 Å². The second kappa shape index (κ2) is 9.94. The number of halogens is 6. The van der Waals surface area contributed by atoms with E-state index in [2.05, 4.69) is 15.9 Å². The lowest BCUT2D eigenvalue weighted by Crippen LogP contribution is -2.36. The summed E-state index contributed by atoms with van der Waals surface area (Å²) in [6, 6.07) is 0. The van der Waals surface area contributed by atoms with Gasteiger partial charge in [0.1, 0.15) is 0 Å². The minimum Gasteiger partial charge on any atom is -0.196 e. The molecule has 0 aromatic carbocycles. The predicted molar refractivity (Wildman–Crippen MR) is 71.0 cm³/mol. The molecule has 0 aliphatic rings. The van der Waals surface area contributed by atoms with E-state index in [0.717, 1.165) is 43.9 Å². The van der Waals surface area contributed by atoms with Crippen molar-refractivity contribution in [2.75, 3.05) is 5.33 Å². The number of alkyl halides is 6. The summed E-state index contributed by atoms with van der Waals surface area (Å²) in [6.07, 6.45) is 1.24. The first-order valence-corrected chi connectivity index (χ1v) is 7.94. The van der Waals surface area contributed by atoms with E-state index in [1.807, 2.05) is 0 Å². The fourth-order valence-corrected chi connectivity index (χ4v) is 2.22. The van der Waals surface area contributed by atoms with E-state index in [9.17, 15) is 22.0 Å². The molecule has 0 bridgehead atoms. The molecule has 0 radical (unpaired) electrons. The number of unbranched alkanes of at least 4 members (excludes halogenated alkanes) is 8. The van der Waals surface area contributed by atoms with Gasteiger partial charge in [-0.25, -0.2) is 0 Å². The van der Waals surface area contributed by atoms with Crippen molar-refractivity contribution in [1.82, 2.24) is 0 Å². The molecule has 0 rings (SSSR count). The lowest BCUT2D eigenvalue weighted by atomic mass is 10.0. The minimum absolute atomic E-state index is 0.0594. The molecule has 0 saturated heterocycles. The van der Waals surface area contributed by atoms with Crippen molar-refractivity contribution in [2.24, 2.45) is 0 Å². The van der Waals surface area contributed by atoms with E-state index >= 15 is 0 Å². The van der Waals surface area contributed by atoms with Gasteiger partial charge in [0, 0.05) is 11.8 Å². The number of hydrogen-bond acceptors (Lipinski definition) is 0. The zero-order chi connectivity index (χ0) is 14.8. The van der Waals surface area contributed by atoms with Crippen molar-refractivity contribution >= 4 is 15.9 Å². The summed E-state index contributed by atoms with van der Waals surface area (Å²) in [4.78, 5) is 0. The molecular formula is C13H22BrF5. The van der Waals surface area contributed by atoms with Crippen molar-refractivity contribution in [3.8, 4) is 0 Å². The van der Waals surface area contributed by atoms with Crippen molar-refractivity contribution in [1.29, 1.82) is 0 Å². The van der Waals surface area contributed by atoms with Gasteiger partial charge < -0.3 is 0 Å². The molecule has 0 aliphatic heterocycles. The molecule has 0 spiro atoms. The molecule has 19 heavy (non-hydrogen) atoms. The topological polar surface area (TPSA) is 0 Å². The molecule has 116 valence electrons. The quantitative estimate of drug-likeness (QED) is 0.227. The Bertz CT molecular complexity index is 216. The largest absolute Gasteiger partial charge is 0.453 e. The monoisotopic (exact) mass is 352 g/mol. The van der Waals surface area contributed by atoms with Gasteiger partial charge in [-0.05, 0) is 12.8 Å². The van der Waals surface area contributed by atoms with Crippen LogP contribution in [0.2, 0.25) is 0 Å². The molecule has 0 unspecified atom stereocenters. The predicted octanol–water partition coefficient (Wildman–Crippen LogP) is 6.48. The molecular weight excluding hydrogens is 331 g/mol. The highest BCUT2D eigenvalue weighted by atomic mass is 79.9. The lowest BCUT2D eigenvalue weighted by Gasteiger charge is -2.19. The molecule has 0 heterocycles. The van der Waals surface area contributed by atoms with Gasteiger partial charge >= 0.3 is 12.1 Å². The third-order valence-electron chi connectivity index (χ3n) is 3.04. The Hall–Kier alpha value is 0.130. The second-order valence-electron chi connectivity index (χ2n) is 4.82. The third-order valence-corrected chi connectivity index (χ3v) is 3.60. The molecule has 0 saturated carbocycles. The lowest BCUT2D eigenvalue weighted by molar-refractivity contribution is -0.284. The van der Waals surface area contributed by atoms with Crippen LogP contribution >= 0.6 is 15.9 Å². The van der Waals surface area contributed by atoms with E-state index in [0.29, 0.717) is 6.42 Å². The Morgan fingerprint density at radius 1 is 0.579 bits per heavy atom. The summed E-state index contributed by atoms with van der Waals surface area (Å²) >= 11 is 3.35. The molecule has 0 nitrogen and oxygen atoms in total. The first kappa shape index (κ1) is 19.1. The van der Waals surface area contributed by atoms with Crippen LogP contribution in [0, 0.1) is 0 Å². The van der Waals surface area contributed by atoms with Crippen LogP contribution in [0.3, 0.4) is 0 Å². The van der Waals surface area contributed by atoms with Gasteiger partial charge in [0.25, 0.3) is 0 Å². The zero-order valence-electron chi connectivity index (χ0n) is 11.0.